The molecule has 0 radical (unpaired) electrons. The van der Waals surface area contributed by atoms with E-state index in [1.165, 1.54) is 81.0 Å². The zero-order valence-corrected chi connectivity index (χ0v) is 33.7. The van der Waals surface area contributed by atoms with Crippen molar-refractivity contribution < 1.29 is 0 Å². The SMILES string of the molecule is c1ccc(-c2ccccc2-c2ccccc2-c2ccccc2N(c2ccc(-c3ccc4ccccc4c3)cc2)c2ccccc2-c2cccc3c2sc2ccccc23)cc1. The highest BCUT2D eigenvalue weighted by Gasteiger charge is 2.23. The van der Waals surface area contributed by atoms with E-state index < -0.39 is 0 Å². The Morgan fingerprint density at radius 1 is 0.283 bits per heavy atom. The normalized spacial score (nSPS) is 11.3. The Morgan fingerprint density at radius 2 is 0.783 bits per heavy atom. The molecule has 0 unspecified atom stereocenters. The number of rotatable bonds is 8. The molecule has 1 aromatic heterocycles. The first kappa shape index (κ1) is 35.6. The third-order valence-corrected chi connectivity index (χ3v) is 12.9. The first-order valence-electron chi connectivity index (χ1n) is 20.5. The predicted octanol–water partition coefficient (Wildman–Crippen LogP) is 17.0. The molecule has 0 N–H and O–H groups in total. The van der Waals surface area contributed by atoms with Gasteiger partial charge in [0, 0.05) is 42.6 Å². The molecule has 0 fully saturated rings. The molecule has 0 aliphatic heterocycles. The molecule has 11 rings (SSSR count). The van der Waals surface area contributed by atoms with E-state index in [0.717, 1.165) is 22.6 Å². The van der Waals surface area contributed by atoms with Crippen molar-refractivity contribution in [2.24, 2.45) is 0 Å². The van der Waals surface area contributed by atoms with Crippen LogP contribution >= 0.6 is 11.3 Å². The van der Waals surface area contributed by atoms with Gasteiger partial charge in [-0.15, -0.1) is 11.3 Å². The Labute approximate surface area is 354 Å². The van der Waals surface area contributed by atoms with Gasteiger partial charge >= 0.3 is 0 Å². The topological polar surface area (TPSA) is 3.24 Å². The minimum atomic E-state index is 1.09. The molecule has 10 aromatic carbocycles. The molecule has 0 saturated heterocycles. The molecular weight excluding hydrogens is 743 g/mol. The summed E-state index contributed by atoms with van der Waals surface area (Å²) in [5.41, 5.74) is 15.3. The zero-order valence-electron chi connectivity index (χ0n) is 32.9. The van der Waals surface area contributed by atoms with Gasteiger partial charge in [0.1, 0.15) is 0 Å². The molecule has 0 aliphatic rings. The summed E-state index contributed by atoms with van der Waals surface area (Å²) in [6, 6.07) is 86.2. The molecule has 0 amide bonds. The Balaban J connectivity index is 1.12. The summed E-state index contributed by atoms with van der Waals surface area (Å²) in [5.74, 6) is 0. The van der Waals surface area contributed by atoms with E-state index in [1.54, 1.807) is 0 Å². The summed E-state index contributed by atoms with van der Waals surface area (Å²) in [4.78, 5) is 2.47. The standard InChI is InChI=1S/C58H39NS/c1-2-18-42(19-3-1)46-21-6-7-22-47(46)48-23-8-9-24-49(48)50-25-10-13-30-55(50)59(45-37-35-41(36-38-45)44-34-33-40-17-4-5-20-43(40)39-44)56-31-14-11-26-51(56)53-28-16-29-54-52-27-12-15-32-57(52)60-58(53)54/h1-39H. The van der Waals surface area contributed by atoms with Crippen LogP contribution in [0.25, 0.3) is 86.6 Å². The fourth-order valence-corrected chi connectivity index (χ4v) is 10.1. The Bertz CT molecular complexity index is 3320. The Morgan fingerprint density at radius 3 is 1.52 bits per heavy atom. The van der Waals surface area contributed by atoms with Crippen molar-refractivity contribution in [1.82, 2.24) is 0 Å². The fourth-order valence-electron chi connectivity index (χ4n) is 8.87. The molecule has 1 heterocycles. The van der Waals surface area contributed by atoms with Crippen LogP contribution in [0.4, 0.5) is 17.1 Å². The maximum absolute atomic E-state index is 2.47. The maximum Gasteiger partial charge on any atom is 0.0540 e. The van der Waals surface area contributed by atoms with Crippen LogP contribution in [0.15, 0.2) is 237 Å². The van der Waals surface area contributed by atoms with Crippen LogP contribution in [0.5, 0.6) is 0 Å². The summed E-state index contributed by atoms with van der Waals surface area (Å²) in [5, 5.41) is 5.08. The number of fused-ring (bicyclic) bond motifs is 4. The predicted molar refractivity (Wildman–Crippen MR) is 259 cm³/mol. The minimum Gasteiger partial charge on any atom is -0.309 e. The van der Waals surface area contributed by atoms with Crippen molar-refractivity contribution in [2.75, 3.05) is 4.90 Å². The average molecular weight is 782 g/mol. The third-order valence-electron chi connectivity index (χ3n) is 11.7. The van der Waals surface area contributed by atoms with Crippen molar-refractivity contribution in [1.29, 1.82) is 0 Å². The Hall–Kier alpha value is -7.52. The molecular formula is C58H39NS. The number of anilines is 3. The number of benzene rings is 10. The lowest BCUT2D eigenvalue weighted by molar-refractivity contribution is 1.28. The summed E-state index contributed by atoms with van der Waals surface area (Å²) in [7, 11) is 0. The van der Waals surface area contributed by atoms with E-state index in [4.69, 9.17) is 0 Å². The summed E-state index contributed by atoms with van der Waals surface area (Å²) < 4.78 is 2.60. The smallest absolute Gasteiger partial charge is 0.0540 e. The van der Waals surface area contributed by atoms with E-state index in [1.807, 2.05) is 11.3 Å². The van der Waals surface area contributed by atoms with Gasteiger partial charge < -0.3 is 4.90 Å². The largest absolute Gasteiger partial charge is 0.309 e. The number of hydrogen-bond donors (Lipinski definition) is 0. The van der Waals surface area contributed by atoms with Gasteiger partial charge in [0.25, 0.3) is 0 Å². The van der Waals surface area contributed by atoms with Gasteiger partial charge in [0.2, 0.25) is 0 Å². The van der Waals surface area contributed by atoms with Crippen LogP contribution in [0.2, 0.25) is 0 Å². The lowest BCUT2D eigenvalue weighted by Gasteiger charge is -2.30. The molecule has 2 heteroatoms. The van der Waals surface area contributed by atoms with Gasteiger partial charge in [-0.3, -0.25) is 0 Å². The molecule has 60 heavy (non-hydrogen) atoms. The number of thiophene rings is 1. The van der Waals surface area contributed by atoms with Crippen molar-refractivity contribution in [2.45, 2.75) is 0 Å². The molecule has 0 saturated carbocycles. The molecule has 0 aliphatic carbocycles. The van der Waals surface area contributed by atoms with Crippen LogP contribution < -0.4 is 4.90 Å². The van der Waals surface area contributed by atoms with Crippen molar-refractivity contribution in [3.8, 4) is 55.6 Å². The van der Waals surface area contributed by atoms with Gasteiger partial charge in [-0.1, -0.05) is 200 Å². The minimum absolute atomic E-state index is 1.09. The van der Waals surface area contributed by atoms with Crippen LogP contribution in [-0.2, 0) is 0 Å². The lowest BCUT2D eigenvalue weighted by Crippen LogP contribution is -2.12. The first-order valence-corrected chi connectivity index (χ1v) is 21.3. The summed E-state index contributed by atoms with van der Waals surface area (Å²) in [6.45, 7) is 0. The van der Waals surface area contributed by atoms with E-state index in [9.17, 15) is 0 Å². The van der Waals surface area contributed by atoms with Crippen molar-refractivity contribution in [3.05, 3.63) is 237 Å². The second-order valence-corrected chi connectivity index (χ2v) is 16.3. The Kier molecular flexibility index (Phi) is 9.11. The second-order valence-electron chi connectivity index (χ2n) is 15.2. The molecule has 11 aromatic rings. The quantitative estimate of drug-likeness (QED) is 0.148. The third kappa shape index (κ3) is 6.35. The highest BCUT2D eigenvalue weighted by Crippen LogP contribution is 2.49. The van der Waals surface area contributed by atoms with E-state index in [2.05, 4.69) is 241 Å². The highest BCUT2D eigenvalue weighted by atomic mass is 32.1. The summed E-state index contributed by atoms with van der Waals surface area (Å²) in [6.07, 6.45) is 0. The van der Waals surface area contributed by atoms with Gasteiger partial charge in [-0.2, -0.15) is 0 Å². The zero-order chi connectivity index (χ0) is 39.8. The van der Waals surface area contributed by atoms with Gasteiger partial charge in [0.05, 0.1) is 11.4 Å². The molecule has 0 bridgehead atoms. The van der Waals surface area contributed by atoms with Crippen LogP contribution in [0.1, 0.15) is 0 Å². The molecule has 1 nitrogen and oxygen atoms in total. The second kappa shape index (κ2) is 15.3. The number of hydrogen-bond acceptors (Lipinski definition) is 2. The molecule has 0 atom stereocenters. The van der Waals surface area contributed by atoms with Gasteiger partial charge in [0.15, 0.2) is 0 Å². The molecule has 0 spiro atoms. The van der Waals surface area contributed by atoms with Crippen molar-refractivity contribution >= 4 is 59.3 Å². The summed E-state index contributed by atoms with van der Waals surface area (Å²) >= 11 is 1.88. The van der Waals surface area contributed by atoms with E-state index in [0.29, 0.717) is 0 Å². The molecule has 282 valence electrons. The van der Waals surface area contributed by atoms with Gasteiger partial charge in [-0.25, -0.2) is 0 Å². The van der Waals surface area contributed by atoms with Crippen LogP contribution in [-0.4, -0.2) is 0 Å². The number of para-hydroxylation sites is 2. The van der Waals surface area contributed by atoms with E-state index in [-0.39, 0.29) is 0 Å². The monoisotopic (exact) mass is 781 g/mol. The lowest BCUT2D eigenvalue weighted by atomic mass is 9.88. The highest BCUT2D eigenvalue weighted by molar-refractivity contribution is 7.26. The van der Waals surface area contributed by atoms with Crippen molar-refractivity contribution in [3.63, 3.8) is 0 Å². The maximum atomic E-state index is 2.47. The van der Waals surface area contributed by atoms with Gasteiger partial charge in [-0.05, 0) is 86.1 Å². The average Bonchev–Trinajstić information content (AvgIpc) is 3.72. The van der Waals surface area contributed by atoms with E-state index >= 15 is 0 Å². The van der Waals surface area contributed by atoms with Crippen LogP contribution in [0.3, 0.4) is 0 Å². The fraction of sp³-hybridized carbons (Fsp3) is 0. The number of nitrogens with zero attached hydrogens (tertiary/aromatic N) is 1. The first-order chi connectivity index (χ1) is 29.8. The van der Waals surface area contributed by atoms with Crippen LogP contribution in [0, 0.1) is 0 Å².